The molecular weight excluding hydrogens is 324 g/mol. The fourth-order valence-corrected chi connectivity index (χ4v) is 3.34. The molecule has 3 aliphatic rings. The second-order valence-corrected chi connectivity index (χ2v) is 7.25. The monoisotopic (exact) mass is 344 g/mol. The minimum atomic E-state index is -0.399. The molecule has 0 spiro atoms. The summed E-state index contributed by atoms with van der Waals surface area (Å²) in [6.07, 6.45) is 5.19. The Balaban J connectivity index is 1.35. The van der Waals surface area contributed by atoms with Gasteiger partial charge in [0.25, 0.3) is 11.8 Å². The normalized spacial score (nSPS) is 26.8. The Labute approximate surface area is 144 Å². The van der Waals surface area contributed by atoms with Crippen LogP contribution in [0.25, 0.3) is 0 Å². The van der Waals surface area contributed by atoms with Gasteiger partial charge in [0, 0.05) is 18.4 Å². The van der Waals surface area contributed by atoms with Crippen LogP contribution in [-0.4, -0.2) is 45.1 Å². The first kappa shape index (κ1) is 15.1. The van der Waals surface area contributed by atoms with E-state index in [-0.39, 0.29) is 12.0 Å². The first-order chi connectivity index (χ1) is 12.2. The second-order valence-electron chi connectivity index (χ2n) is 7.25. The molecule has 2 aliphatic carbocycles. The lowest BCUT2D eigenvalue weighted by atomic mass is 10.1. The maximum atomic E-state index is 12.9. The number of hydrogen-bond acceptors (Lipinski definition) is 7. The highest BCUT2D eigenvalue weighted by Crippen LogP contribution is 2.42. The molecule has 8 nitrogen and oxygen atoms in total. The van der Waals surface area contributed by atoms with E-state index in [9.17, 15) is 4.79 Å². The Bertz CT molecular complexity index is 792. The Hall–Kier alpha value is -2.22. The highest BCUT2D eigenvalue weighted by atomic mass is 16.5. The predicted octanol–water partition coefficient (Wildman–Crippen LogP) is 2.41. The van der Waals surface area contributed by atoms with E-state index < -0.39 is 6.10 Å². The van der Waals surface area contributed by atoms with Gasteiger partial charge in [-0.15, -0.1) is 0 Å². The van der Waals surface area contributed by atoms with E-state index in [1.807, 2.05) is 6.92 Å². The molecule has 0 radical (unpaired) electrons. The fraction of sp³-hybridized carbons (Fsp3) is 0.647. The smallest absolute Gasteiger partial charge is 0.276 e. The molecule has 0 bridgehead atoms. The molecule has 2 aromatic rings. The largest absolute Gasteiger partial charge is 0.447 e. The van der Waals surface area contributed by atoms with Gasteiger partial charge in [-0.3, -0.25) is 4.79 Å². The van der Waals surface area contributed by atoms with Crippen molar-refractivity contribution in [1.82, 2.24) is 20.0 Å². The quantitative estimate of drug-likeness (QED) is 0.840. The average molecular weight is 344 g/mol. The summed E-state index contributed by atoms with van der Waals surface area (Å²) in [5, 5.41) is 4.05. The van der Waals surface area contributed by atoms with Crippen LogP contribution in [0.5, 0.6) is 0 Å². The molecule has 0 N–H and O–H groups in total. The molecule has 132 valence electrons. The van der Waals surface area contributed by atoms with Gasteiger partial charge in [-0.2, -0.15) is 4.98 Å². The lowest BCUT2D eigenvalue weighted by molar-refractivity contribution is -0.0811. The maximum Gasteiger partial charge on any atom is 0.276 e. The number of nitrogens with zero attached hydrogens (tertiary/aromatic N) is 4. The van der Waals surface area contributed by atoms with Crippen LogP contribution in [0.2, 0.25) is 0 Å². The summed E-state index contributed by atoms with van der Waals surface area (Å²) < 4.78 is 16.8. The number of hydrogen-bond donors (Lipinski definition) is 0. The van der Waals surface area contributed by atoms with Crippen LogP contribution in [-0.2, 0) is 4.74 Å². The molecular formula is C17H20N4O4. The minimum absolute atomic E-state index is 0.113. The zero-order chi connectivity index (χ0) is 17.0. The minimum Gasteiger partial charge on any atom is -0.447 e. The van der Waals surface area contributed by atoms with Gasteiger partial charge in [0.15, 0.2) is 24.0 Å². The number of amides is 1. The number of morpholine rings is 1. The Kier molecular flexibility index (Phi) is 3.41. The predicted molar refractivity (Wildman–Crippen MR) is 83.9 cm³/mol. The van der Waals surface area contributed by atoms with E-state index in [0.29, 0.717) is 36.5 Å². The average Bonchev–Trinajstić information content (AvgIpc) is 3.54. The third-order valence-electron chi connectivity index (χ3n) is 4.97. The number of carbonyl (C=O) groups excluding carboxylic acids is 1. The maximum absolute atomic E-state index is 12.9. The van der Waals surface area contributed by atoms with Crippen molar-refractivity contribution < 1.29 is 18.5 Å². The SMILES string of the molecule is C[C@@H]1CN(C(=O)c2ncoc2C2CC2)C[C@H](c2nc(C3CC3)no2)O1. The fourth-order valence-electron chi connectivity index (χ4n) is 3.34. The summed E-state index contributed by atoms with van der Waals surface area (Å²) >= 11 is 0. The molecule has 3 fully saturated rings. The first-order valence-electron chi connectivity index (χ1n) is 8.90. The van der Waals surface area contributed by atoms with E-state index >= 15 is 0 Å². The number of aromatic nitrogens is 3. The van der Waals surface area contributed by atoms with E-state index in [4.69, 9.17) is 13.7 Å². The van der Waals surface area contributed by atoms with Crippen LogP contribution in [0.15, 0.2) is 15.3 Å². The third-order valence-corrected chi connectivity index (χ3v) is 4.97. The molecule has 2 saturated carbocycles. The topological polar surface area (TPSA) is 94.5 Å². The molecule has 0 aromatic carbocycles. The summed E-state index contributed by atoms with van der Waals surface area (Å²) in [7, 11) is 0. The second kappa shape index (κ2) is 5.66. The Morgan fingerprint density at radius 2 is 2.00 bits per heavy atom. The van der Waals surface area contributed by atoms with Crippen LogP contribution in [0.4, 0.5) is 0 Å². The molecule has 1 amide bonds. The van der Waals surface area contributed by atoms with Crippen LogP contribution in [0.3, 0.4) is 0 Å². The van der Waals surface area contributed by atoms with Crippen molar-refractivity contribution in [2.75, 3.05) is 13.1 Å². The molecule has 1 aliphatic heterocycles. The van der Waals surface area contributed by atoms with Crippen molar-refractivity contribution in [3.63, 3.8) is 0 Å². The van der Waals surface area contributed by atoms with E-state index in [0.717, 1.165) is 37.3 Å². The van der Waals surface area contributed by atoms with Gasteiger partial charge >= 0.3 is 0 Å². The lowest BCUT2D eigenvalue weighted by Crippen LogP contribution is -2.46. The van der Waals surface area contributed by atoms with Gasteiger partial charge in [0.1, 0.15) is 5.76 Å². The van der Waals surface area contributed by atoms with Crippen molar-refractivity contribution >= 4 is 5.91 Å². The van der Waals surface area contributed by atoms with Crippen molar-refractivity contribution in [2.45, 2.75) is 56.7 Å². The van der Waals surface area contributed by atoms with Gasteiger partial charge in [0.05, 0.1) is 12.6 Å². The van der Waals surface area contributed by atoms with E-state index in [1.54, 1.807) is 4.90 Å². The van der Waals surface area contributed by atoms with Crippen LogP contribution < -0.4 is 0 Å². The number of carbonyl (C=O) groups is 1. The summed E-state index contributed by atoms with van der Waals surface area (Å²) in [5.41, 5.74) is 0.430. The van der Waals surface area contributed by atoms with E-state index in [2.05, 4.69) is 15.1 Å². The van der Waals surface area contributed by atoms with Crippen LogP contribution in [0.1, 0.15) is 78.5 Å². The Morgan fingerprint density at radius 3 is 2.76 bits per heavy atom. The van der Waals surface area contributed by atoms with Crippen molar-refractivity contribution in [1.29, 1.82) is 0 Å². The van der Waals surface area contributed by atoms with Gasteiger partial charge in [-0.1, -0.05) is 5.16 Å². The molecule has 2 atom stereocenters. The number of ether oxygens (including phenoxy) is 1. The standard InChI is InChI=1S/C17H20N4O4/c1-9-6-21(17(22)13-14(10-2-3-10)23-8-18-13)7-12(24-9)16-19-15(20-25-16)11-4-5-11/h8-12H,2-7H2,1H3/t9-,12-/m1/s1. The highest BCUT2D eigenvalue weighted by Gasteiger charge is 2.38. The van der Waals surface area contributed by atoms with Gasteiger partial charge < -0.3 is 18.6 Å². The summed E-state index contributed by atoms with van der Waals surface area (Å²) in [4.78, 5) is 23.3. The molecule has 0 unspecified atom stereocenters. The third kappa shape index (κ3) is 2.84. The van der Waals surface area contributed by atoms with E-state index in [1.165, 1.54) is 6.39 Å². The Morgan fingerprint density at radius 1 is 1.20 bits per heavy atom. The first-order valence-corrected chi connectivity index (χ1v) is 8.90. The summed E-state index contributed by atoms with van der Waals surface area (Å²) in [6.45, 7) is 2.83. The highest BCUT2D eigenvalue weighted by molar-refractivity contribution is 5.93. The van der Waals surface area contributed by atoms with Gasteiger partial charge in [-0.05, 0) is 32.6 Å². The molecule has 5 rings (SSSR count). The molecule has 2 aromatic heterocycles. The van der Waals surface area contributed by atoms with Crippen molar-refractivity contribution in [3.8, 4) is 0 Å². The molecule has 3 heterocycles. The zero-order valence-corrected chi connectivity index (χ0v) is 14.1. The molecule has 1 saturated heterocycles. The summed E-state index contributed by atoms with van der Waals surface area (Å²) in [6, 6.07) is 0. The zero-order valence-electron chi connectivity index (χ0n) is 14.1. The summed E-state index contributed by atoms with van der Waals surface area (Å²) in [5.74, 6) is 2.57. The number of oxazole rings is 1. The van der Waals surface area contributed by atoms with Gasteiger partial charge in [0.2, 0.25) is 0 Å². The van der Waals surface area contributed by atoms with Crippen molar-refractivity contribution in [2.24, 2.45) is 0 Å². The molecule has 8 heteroatoms. The van der Waals surface area contributed by atoms with Gasteiger partial charge in [-0.25, -0.2) is 4.98 Å². The lowest BCUT2D eigenvalue weighted by Gasteiger charge is -2.34. The number of rotatable bonds is 4. The molecule has 25 heavy (non-hydrogen) atoms. The van der Waals surface area contributed by atoms with Crippen LogP contribution >= 0.6 is 0 Å². The van der Waals surface area contributed by atoms with Crippen LogP contribution in [0, 0.1) is 0 Å². The van der Waals surface area contributed by atoms with Crippen molar-refractivity contribution in [3.05, 3.63) is 29.6 Å².